The molecule has 5 heteroatoms. The molecule has 2 aromatic rings. The third kappa shape index (κ3) is 2.51. The smallest absolute Gasteiger partial charge is 0.229 e. The Morgan fingerprint density at radius 2 is 2.11 bits per heavy atom. The van der Waals surface area contributed by atoms with Gasteiger partial charge in [0.15, 0.2) is 0 Å². The Bertz CT molecular complexity index is 563. The van der Waals surface area contributed by atoms with E-state index in [1.165, 1.54) is 0 Å². The molecule has 1 aromatic carbocycles. The van der Waals surface area contributed by atoms with Crippen molar-refractivity contribution in [1.29, 1.82) is 0 Å². The molecule has 0 bridgehead atoms. The van der Waals surface area contributed by atoms with E-state index in [0.29, 0.717) is 13.1 Å². The standard InChI is InChI=1S/C14H15N3O2/c18-13-8-14(19)17(10-13)12-4-2-11(3-5-12)9-16-7-1-6-15-16/h1-7,13,18H,8-10H2. The van der Waals surface area contributed by atoms with Crippen LogP contribution in [0.5, 0.6) is 0 Å². The van der Waals surface area contributed by atoms with E-state index < -0.39 is 6.10 Å². The summed E-state index contributed by atoms with van der Waals surface area (Å²) >= 11 is 0. The van der Waals surface area contributed by atoms with Crippen molar-refractivity contribution in [2.75, 3.05) is 11.4 Å². The zero-order chi connectivity index (χ0) is 13.2. The largest absolute Gasteiger partial charge is 0.391 e. The molecule has 1 unspecified atom stereocenters. The minimum absolute atomic E-state index is 0.0210. The van der Waals surface area contributed by atoms with E-state index in [1.54, 1.807) is 11.1 Å². The average Bonchev–Trinajstić information content (AvgIpc) is 3.00. The molecule has 0 spiro atoms. The first-order valence-corrected chi connectivity index (χ1v) is 6.27. The Labute approximate surface area is 111 Å². The van der Waals surface area contributed by atoms with Gasteiger partial charge in [0.05, 0.1) is 25.6 Å². The summed E-state index contributed by atoms with van der Waals surface area (Å²) in [6.07, 6.45) is 3.33. The van der Waals surface area contributed by atoms with Gasteiger partial charge in [-0.2, -0.15) is 5.10 Å². The van der Waals surface area contributed by atoms with E-state index in [9.17, 15) is 9.90 Å². The number of carbonyl (C=O) groups is 1. The van der Waals surface area contributed by atoms with Crippen LogP contribution in [0.2, 0.25) is 0 Å². The lowest BCUT2D eigenvalue weighted by Crippen LogP contribution is -2.25. The number of anilines is 1. The van der Waals surface area contributed by atoms with Crippen LogP contribution >= 0.6 is 0 Å². The molecule has 1 N–H and O–H groups in total. The number of rotatable bonds is 3. The van der Waals surface area contributed by atoms with Crippen molar-refractivity contribution in [2.24, 2.45) is 0 Å². The van der Waals surface area contributed by atoms with Crippen LogP contribution in [0.15, 0.2) is 42.7 Å². The second kappa shape index (κ2) is 4.85. The number of nitrogens with zero attached hydrogens (tertiary/aromatic N) is 3. The highest BCUT2D eigenvalue weighted by Crippen LogP contribution is 2.22. The first-order chi connectivity index (χ1) is 9.22. The van der Waals surface area contributed by atoms with E-state index >= 15 is 0 Å². The predicted octanol–water partition coefficient (Wildman–Crippen LogP) is 1.03. The van der Waals surface area contributed by atoms with Gasteiger partial charge in [-0.3, -0.25) is 9.48 Å². The van der Waals surface area contributed by atoms with Gasteiger partial charge < -0.3 is 10.0 Å². The van der Waals surface area contributed by atoms with Crippen molar-refractivity contribution in [1.82, 2.24) is 9.78 Å². The monoisotopic (exact) mass is 257 g/mol. The van der Waals surface area contributed by atoms with Crippen molar-refractivity contribution < 1.29 is 9.90 Å². The second-order valence-electron chi connectivity index (χ2n) is 4.73. The minimum atomic E-state index is -0.545. The van der Waals surface area contributed by atoms with E-state index in [2.05, 4.69) is 5.10 Å². The summed E-state index contributed by atoms with van der Waals surface area (Å²) in [5, 5.41) is 13.6. The molecule has 19 heavy (non-hydrogen) atoms. The molecule has 98 valence electrons. The number of hydrogen-bond donors (Lipinski definition) is 1. The van der Waals surface area contributed by atoms with E-state index in [-0.39, 0.29) is 12.3 Å². The Balaban J connectivity index is 1.74. The van der Waals surface area contributed by atoms with Gasteiger partial charge in [0.2, 0.25) is 5.91 Å². The number of carbonyl (C=O) groups excluding carboxylic acids is 1. The maximum atomic E-state index is 11.7. The highest BCUT2D eigenvalue weighted by Gasteiger charge is 2.28. The van der Waals surface area contributed by atoms with Gasteiger partial charge in [-0.15, -0.1) is 0 Å². The lowest BCUT2D eigenvalue weighted by Gasteiger charge is -2.16. The van der Waals surface area contributed by atoms with Gasteiger partial charge in [-0.05, 0) is 23.8 Å². The molecule has 1 amide bonds. The molecule has 1 atom stereocenters. The summed E-state index contributed by atoms with van der Waals surface area (Å²) in [5.74, 6) is -0.0210. The number of benzene rings is 1. The molecule has 1 aliphatic heterocycles. The van der Waals surface area contributed by atoms with E-state index in [1.807, 2.05) is 41.2 Å². The van der Waals surface area contributed by atoms with Gasteiger partial charge >= 0.3 is 0 Å². The SMILES string of the molecule is O=C1CC(O)CN1c1ccc(Cn2cccn2)cc1. The quantitative estimate of drug-likeness (QED) is 0.893. The zero-order valence-electron chi connectivity index (χ0n) is 10.4. The van der Waals surface area contributed by atoms with E-state index in [4.69, 9.17) is 0 Å². The van der Waals surface area contributed by atoms with E-state index in [0.717, 1.165) is 11.3 Å². The van der Waals surface area contributed by atoms with Gasteiger partial charge in [0.1, 0.15) is 0 Å². The molecule has 1 fully saturated rings. The maximum absolute atomic E-state index is 11.7. The fourth-order valence-electron chi connectivity index (χ4n) is 2.30. The third-order valence-electron chi connectivity index (χ3n) is 3.26. The van der Waals surface area contributed by atoms with Crippen molar-refractivity contribution in [3.63, 3.8) is 0 Å². The molecule has 0 saturated carbocycles. The highest BCUT2D eigenvalue weighted by molar-refractivity contribution is 5.96. The fourth-order valence-corrected chi connectivity index (χ4v) is 2.30. The third-order valence-corrected chi connectivity index (χ3v) is 3.26. The van der Waals surface area contributed by atoms with Crippen LogP contribution in [-0.4, -0.2) is 33.4 Å². The van der Waals surface area contributed by atoms with Crippen molar-refractivity contribution in [3.8, 4) is 0 Å². The number of β-amino-alcohol motifs (C(OH)–C–C–N with tert-alkyl or cyclic N) is 1. The average molecular weight is 257 g/mol. The first-order valence-electron chi connectivity index (χ1n) is 6.27. The van der Waals surface area contributed by atoms with Gasteiger partial charge in [-0.1, -0.05) is 12.1 Å². The molecule has 0 aliphatic carbocycles. The summed E-state index contributed by atoms with van der Waals surface area (Å²) < 4.78 is 1.85. The van der Waals surface area contributed by atoms with Gasteiger partial charge in [-0.25, -0.2) is 0 Å². The summed E-state index contributed by atoms with van der Waals surface area (Å²) in [7, 11) is 0. The Morgan fingerprint density at radius 3 is 2.68 bits per heavy atom. The van der Waals surface area contributed by atoms with Crippen molar-refractivity contribution >= 4 is 11.6 Å². The number of amides is 1. The number of aliphatic hydroxyl groups is 1. The molecule has 1 aromatic heterocycles. The van der Waals surface area contributed by atoms with Crippen LogP contribution in [-0.2, 0) is 11.3 Å². The summed E-state index contributed by atoms with van der Waals surface area (Å²) in [6, 6.07) is 9.67. The van der Waals surface area contributed by atoms with Crippen LogP contribution in [0.3, 0.4) is 0 Å². The maximum Gasteiger partial charge on any atom is 0.229 e. The second-order valence-corrected chi connectivity index (χ2v) is 4.73. The highest BCUT2D eigenvalue weighted by atomic mass is 16.3. The van der Waals surface area contributed by atoms with Crippen molar-refractivity contribution in [3.05, 3.63) is 48.3 Å². The Morgan fingerprint density at radius 1 is 1.32 bits per heavy atom. The van der Waals surface area contributed by atoms with Gasteiger partial charge in [0.25, 0.3) is 0 Å². The zero-order valence-corrected chi connectivity index (χ0v) is 10.4. The van der Waals surface area contributed by atoms with Crippen LogP contribution in [0.25, 0.3) is 0 Å². The lowest BCUT2D eigenvalue weighted by atomic mass is 10.2. The van der Waals surface area contributed by atoms with Gasteiger partial charge in [0, 0.05) is 18.1 Å². The topological polar surface area (TPSA) is 58.4 Å². The normalized spacial score (nSPS) is 19.1. The number of aromatic nitrogens is 2. The molecular formula is C14H15N3O2. The first kappa shape index (κ1) is 11.9. The molecule has 1 aliphatic rings. The fraction of sp³-hybridized carbons (Fsp3) is 0.286. The Hall–Kier alpha value is -2.14. The summed E-state index contributed by atoms with van der Waals surface area (Å²) in [5.41, 5.74) is 1.96. The van der Waals surface area contributed by atoms with Crippen LogP contribution < -0.4 is 4.90 Å². The summed E-state index contributed by atoms with van der Waals surface area (Å²) in [6.45, 7) is 1.10. The molecule has 5 nitrogen and oxygen atoms in total. The summed E-state index contributed by atoms with van der Waals surface area (Å²) in [4.78, 5) is 13.3. The Kier molecular flexibility index (Phi) is 3.05. The van der Waals surface area contributed by atoms with Crippen LogP contribution in [0.1, 0.15) is 12.0 Å². The molecule has 1 saturated heterocycles. The lowest BCUT2D eigenvalue weighted by molar-refractivity contribution is -0.117. The molecule has 0 radical (unpaired) electrons. The molecule has 2 heterocycles. The van der Waals surface area contributed by atoms with Crippen LogP contribution in [0.4, 0.5) is 5.69 Å². The minimum Gasteiger partial charge on any atom is -0.391 e. The molecule has 3 rings (SSSR count). The van der Waals surface area contributed by atoms with Crippen molar-refractivity contribution in [2.45, 2.75) is 19.1 Å². The number of aliphatic hydroxyl groups excluding tert-OH is 1. The van der Waals surface area contributed by atoms with Crippen LogP contribution in [0, 0.1) is 0 Å². The predicted molar refractivity (Wildman–Crippen MR) is 70.7 cm³/mol. The molecular weight excluding hydrogens is 242 g/mol. The number of hydrogen-bond acceptors (Lipinski definition) is 3.